The highest BCUT2D eigenvalue weighted by molar-refractivity contribution is 5.57. The normalized spacial score (nSPS) is 17.0. The van der Waals surface area contributed by atoms with E-state index in [9.17, 15) is 9.18 Å². The molecule has 0 aliphatic heterocycles. The lowest BCUT2D eigenvalue weighted by Crippen LogP contribution is -2.43. The van der Waals surface area contributed by atoms with Crippen LogP contribution in [-0.2, 0) is 17.9 Å². The van der Waals surface area contributed by atoms with Crippen molar-refractivity contribution in [1.82, 2.24) is 4.90 Å². The average molecular weight is 311 g/mol. The first-order valence-corrected chi connectivity index (χ1v) is 8.19. The van der Waals surface area contributed by atoms with Crippen LogP contribution in [-0.4, -0.2) is 23.4 Å². The third-order valence-corrected chi connectivity index (χ3v) is 4.44. The summed E-state index contributed by atoms with van der Waals surface area (Å²) in [5, 5.41) is 0. The van der Waals surface area contributed by atoms with Crippen molar-refractivity contribution in [3.63, 3.8) is 0 Å². The minimum absolute atomic E-state index is 0.294. The molecule has 0 spiro atoms. The first-order valence-electron chi connectivity index (χ1n) is 8.19. The number of hydrogen-bond donors (Lipinski definition) is 0. The van der Waals surface area contributed by atoms with Crippen LogP contribution < -0.4 is 0 Å². The third-order valence-electron chi connectivity index (χ3n) is 4.44. The smallest absolute Gasteiger partial charge is 0.171 e. The van der Waals surface area contributed by atoms with E-state index in [-0.39, 0.29) is 6.04 Å². The summed E-state index contributed by atoms with van der Waals surface area (Å²) in [5.74, 6) is 0.294. The lowest BCUT2D eigenvalue weighted by Gasteiger charge is -2.32. The number of halogens is 1. The Morgan fingerprint density at radius 1 is 0.957 bits per heavy atom. The predicted molar refractivity (Wildman–Crippen MR) is 89.6 cm³/mol. The van der Waals surface area contributed by atoms with Gasteiger partial charge in [0.05, 0.1) is 6.04 Å². The molecule has 3 heteroatoms. The number of benzene rings is 2. The highest BCUT2D eigenvalue weighted by Gasteiger charge is 2.40. The maximum atomic E-state index is 14.3. The van der Waals surface area contributed by atoms with Gasteiger partial charge in [-0.15, -0.1) is 0 Å². The molecule has 0 radical (unpaired) electrons. The van der Waals surface area contributed by atoms with Crippen molar-refractivity contribution >= 4 is 6.29 Å². The van der Waals surface area contributed by atoms with Crippen LogP contribution in [0.25, 0.3) is 0 Å². The Hall–Kier alpha value is -2.00. The predicted octanol–water partition coefficient (Wildman–Crippen LogP) is 4.00. The third kappa shape index (κ3) is 4.26. The molecule has 23 heavy (non-hydrogen) atoms. The van der Waals surface area contributed by atoms with E-state index in [1.165, 1.54) is 0 Å². The second-order valence-corrected chi connectivity index (χ2v) is 6.28. The number of hydrogen-bond acceptors (Lipinski definition) is 2. The van der Waals surface area contributed by atoms with E-state index >= 15 is 0 Å². The van der Waals surface area contributed by atoms with Crippen molar-refractivity contribution in [3.05, 3.63) is 71.8 Å². The summed E-state index contributed by atoms with van der Waals surface area (Å²) in [6, 6.07) is 19.8. The number of nitrogens with zero attached hydrogens (tertiary/aromatic N) is 1. The quantitative estimate of drug-likeness (QED) is 0.687. The molecule has 0 amide bonds. The van der Waals surface area contributed by atoms with Crippen LogP contribution in [0.1, 0.15) is 24.0 Å². The van der Waals surface area contributed by atoms with Gasteiger partial charge in [-0.1, -0.05) is 60.7 Å². The van der Waals surface area contributed by atoms with Gasteiger partial charge < -0.3 is 4.79 Å². The maximum Gasteiger partial charge on any atom is 0.171 e. The Kier molecular flexibility index (Phi) is 5.19. The lowest BCUT2D eigenvalue weighted by atomic mass is 10.0. The number of aldehydes is 1. The van der Waals surface area contributed by atoms with E-state index in [1.807, 2.05) is 36.4 Å². The van der Waals surface area contributed by atoms with Gasteiger partial charge in [-0.25, -0.2) is 4.39 Å². The van der Waals surface area contributed by atoms with E-state index in [4.69, 9.17) is 0 Å². The van der Waals surface area contributed by atoms with E-state index < -0.39 is 6.17 Å². The van der Waals surface area contributed by atoms with Gasteiger partial charge in [0.1, 0.15) is 0 Å². The fourth-order valence-electron chi connectivity index (χ4n) is 3.18. The van der Waals surface area contributed by atoms with Crippen molar-refractivity contribution in [2.24, 2.45) is 5.92 Å². The fraction of sp³-hybridized carbons (Fsp3) is 0.350. The molecular weight excluding hydrogens is 289 g/mol. The molecule has 2 aromatic carbocycles. The molecule has 1 fully saturated rings. The number of carbonyl (C=O) groups excluding carboxylic acids is 1. The number of rotatable bonds is 8. The van der Waals surface area contributed by atoms with E-state index in [1.54, 1.807) is 0 Å². The molecule has 1 aliphatic rings. The zero-order valence-corrected chi connectivity index (χ0v) is 13.1. The standard InChI is InChI=1S/C20H22FNO/c21-19(15-23)20(18-11-12-18)22(13-16-7-3-1-4-8-16)14-17-9-5-2-6-10-17/h1-10,15,18-20H,11-14H2. The van der Waals surface area contributed by atoms with Crippen molar-refractivity contribution in [1.29, 1.82) is 0 Å². The summed E-state index contributed by atoms with van der Waals surface area (Å²) in [6.07, 6.45) is 1.07. The maximum absolute atomic E-state index is 14.3. The van der Waals surface area contributed by atoms with Crippen LogP contribution in [0, 0.1) is 5.92 Å². The van der Waals surface area contributed by atoms with Crippen LogP contribution in [0.15, 0.2) is 60.7 Å². The van der Waals surface area contributed by atoms with Gasteiger partial charge in [0, 0.05) is 13.1 Å². The van der Waals surface area contributed by atoms with Crippen molar-refractivity contribution in [2.45, 2.75) is 38.1 Å². The van der Waals surface area contributed by atoms with Gasteiger partial charge >= 0.3 is 0 Å². The SMILES string of the molecule is O=CC(F)C(C1CC1)N(Cc1ccccc1)Cc1ccccc1. The van der Waals surface area contributed by atoms with Crippen molar-refractivity contribution < 1.29 is 9.18 Å². The van der Waals surface area contributed by atoms with Crippen LogP contribution >= 0.6 is 0 Å². The van der Waals surface area contributed by atoms with Gasteiger partial charge in [-0.3, -0.25) is 4.90 Å². The van der Waals surface area contributed by atoms with E-state index in [0.717, 1.165) is 24.0 Å². The monoisotopic (exact) mass is 311 g/mol. The van der Waals surface area contributed by atoms with E-state index in [2.05, 4.69) is 29.2 Å². The average Bonchev–Trinajstić information content (AvgIpc) is 3.41. The summed E-state index contributed by atoms with van der Waals surface area (Å²) >= 11 is 0. The molecule has 0 heterocycles. The zero-order valence-electron chi connectivity index (χ0n) is 13.1. The minimum Gasteiger partial charge on any atom is -0.300 e. The van der Waals surface area contributed by atoms with Gasteiger partial charge in [-0.2, -0.15) is 0 Å². The summed E-state index contributed by atoms with van der Waals surface area (Å²) in [5.41, 5.74) is 2.29. The highest BCUT2D eigenvalue weighted by Crippen LogP contribution is 2.38. The van der Waals surface area contributed by atoms with Gasteiger partial charge in [0.2, 0.25) is 0 Å². The molecule has 120 valence electrons. The van der Waals surface area contributed by atoms with Gasteiger partial charge in [0.15, 0.2) is 12.5 Å². The van der Waals surface area contributed by atoms with Gasteiger partial charge in [-0.05, 0) is 29.9 Å². The second-order valence-electron chi connectivity index (χ2n) is 6.28. The number of alkyl halides is 1. The molecule has 3 rings (SSSR count). The lowest BCUT2D eigenvalue weighted by molar-refractivity contribution is -0.114. The topological polar surface area (TPSA) is 20.3 Å². The van der Waals surface area contributed by atoms with Crippen LogP contribution in [0.4, 0.5) is 4.39 Å². The molecule has 0 N–H and O–H groups in total. The second kappa shape index (κ2) is 7.51. The molecule has 2 atom stereocenters. The first-order chi connectivity index (χ1) is 11.3. The summed E-state index contributed by atoms with van der Waals surface area (Å²) in [4.78, 5) is 13.2. The van der Waals surface area contributed by atoms with E-state index in [0.29, 0.717) is 25.3 Å². The molecule has 1 saturated carbocycles. The minimum atomic E-state index is -1.42. The Balaban J connectivity index is 1.83. The molecule has 2 aromatic rings. The largest absolute Gasteiger partial charge is 0.300 e. The Morgan fingerprint density at radius 3 is 1.83 bits per heavy atom. The molecular formula is C20H22FNO. The van der Waals surface area contributed by atoms with Crippen LogP contribution in [0.5, 0.6) is 0 Å². The molecule has 1 aliphatic carbocycles. The molecule has 0 bridgehead atoms. The van der Waals surface area contributed by atoms with Crippen molar-refractivity contribution in [2.75, 3.05) is 0 Å². The Labute approximate surface area is 136 Å². The molecule has 0 saturated heterocycles. The van der Waals surface area contributed by atoms with Crippen LogP contribution in [0.3, 0.4) is 0 Å². The van der Waals surface area contributed by atoms with Gasteiger partial charge in [0.25, 0.3) is 0 Å². The Morgan fingerprint density at radius 2 is 1.43 bits per heavy atom. The highest BCUT2D eigenvalue weighted by atomic mass is 19.1. The Bertz CT molecular complexity index is 571. The van der Waals surface area contributed by atoms with Crippen LogP contribution in [0.2, 0.25) is 0 Å². The summed E-state index contributed by atoms with van der Waals surface area (Å²) in [7, 11) is 0. The zero-order chi connectivity index (χ0) is 16.1. The molecule has 0 aromatic heterocycles. The van der Waals surface area contributed by atoms with Crippen molar-refractivity contribution in [3.8, 4) is 0 Å². The number of carbonyl (C=O) groups is 1. The summed E-state index contributed by atoms with van der Waals surface area (Å²) < 4.78 is 14.3. The summed E-state index contributed by atoms with van der Waals surface area (Å²) in [6.45, 7) is 1.32. The fourth-order valence-corrected chi connectivity index (χ4v) is 3.18. The first kappa shape index (κ1) is 15.9. The molecule has 2 unspecified atom stereocenters. The molecule has 2 nitrogen and oxygen atoms in total.